The average molecular weight is 270 g/mol. The minimum absolute atomic E-state index is 0.0178. The van der Waals surface area contributed by atoms with E-state index in [4.69, 9.17) is 0 Å². The summed E-state index contributed by atoms with van der Waals surface area (Å²) in [6.07, 6.45) is 5.87. The molecule has 20 heavy (non-hydrogen) atoms. The van der Waals surface area contributed by atoms with Gasteiger partial charge in [0, 0.05) is 5.39 Å². The summed E-state index contributed by atoms with van der Waals surface area (Å²) < 4.78 is 0. The number of fused-ring (bicyclic) bond motifs is 1. The molecule has 0 radical (unpaired) electrons. The van der Waals surface area contributed by atoms with Crippen molar-refractivity contribution in [3.63, 3.8) is 0 Å². The van der Waals surface area contributed by atoms with Crippen molar-refractivity contribution >= 4 is 16.7 Å². The fraction of sp³-hybridized carbons (Fsp3) is 0.353. The lowest BCUT2D eigenvalue weighted by atomic mass is 9.81. The van der Waals surface area contributed by atoms with Crippen LogP contribution in [0.5, 0.6) is 5.75 Å². The molecule has 0 spiro atoms. The zero-order valence-electron chi connectivity index (χ0n) is 11.3. The molecular weight excluding hydrogens is 252 g/mol. The van der Waals surface area contributed by atoms with Crippen LogP contribution in [0.25, 0.3) is 10.8 Å². The van der Waals surface area contributed by atoms with E-state index in [1.165, 1.54) is 19.3 Å². The SMILES string of the molecule is O=C(O)c1cc(C2CCCCC2)c2ccccc2c1O. The fourth-order valence-corrected chi connectivity index (χ4v) is 3.30. The Balaban J connectivity index is 2.23. The highest BCUT2D eigenvalue weighted by atomic mass is 16.4. The van der Waals surface area contributed by atoms with Crippen LogP contribution in [0.15, 0.2) is 30.3 Å². The Bertz CT molecular complexity index is 655. The van der Waals surface area contributed by atoms with Gasteiger partial charge in [-0.1, -0.05) is 43.5 Å². The number of rotatable bonds is 2. The first-order valence-corrected chi connectivity index (χ1v) is 7.16. The van der Waals surface area contributed by atoms with Crippen molar-refractivity contribution in [1.29, 1.82) is 0 Å². The number of carbonyl (C=O) groups is 1. The summed E-state index contributed by atoms with van der Waals surface area (Å²) in [5.74, 6) is -0.773. The first kappa shape index (κ1) is 13.0. The Morgan fingerprint density at radius 2 is 1.70 bits per heavy atom. The number of hydrogen-bond acceptors (Lipinski definition) is 2. The van der Waals surface area contributed by atoms with E-state index in [1.807, 2.05) is 18.2 Å². The predicted molar refractivity (Wildman–Crippen MR) is 78.4 cm³/mol. The van der Waals surface area contributed by atoms with Crippen LogP contribution in [0.4, 0.5) is 0 Å². The fourth-order valence-electron chi connectivity index (χ4n) is 3.30. The third-order valence-corrected chi connectivity index (χ3v) is 4.32. The molecule has 1 aliphatic rings. The molecule has 2 aromatic rings. The number of carboxylic acid groups (broad SMARTS) is 1. The molecule has 104 valence electrons. The van der Waals surface area contributed by atoms with Gasteiger partial charge >= 0.3 is 5.97 Å². The summed E-state index contributed by atoms with van der Waals surface area (Å²) in [6, 6.07) is 9.22. The summed E-state index contributed by atoms with van der Waals surface area (Å²) in [6.45, 7) is 0. The van der Waals surface area contributed by atoms with E-state index in [1.54, 1.807) is 12.1 Å². The molecule has 0 heterocycles. The van der Waals surface area contributed by atoms with Gasteiger partial charge in [0.25, 0.3) is 0 Å². The van der Waals surface area contributed by atoms with Gasteiger partial charge in [-0.2, -0.15) is 0 Å². The van der Waals surface area contributed by atoms with E-state index >= 15 is 0 Å². The van der Waals surface area contributed by atoms with E-state index < -0.39 is 5.97 Å². The number of aromatic carboxylic acids is 1. The Hall–Kier alpha value is -2.03. The maximum atomic E-state index is 11.3. The Labute approximate surface area is 117 Å². The predicted octanol–water partition coefficient (Wildman–Crippen LogP) is 4.29. The molecule has 1 aliphatic carbocycles. The molecule has 3 heteroatoms. The topological polar surface area (TPSA) is 57.5 Å². The van der Waals surface area contributed by atoms with Gasteiger partial charge in [0.2, 0.25) is 0 Å². The van der Waals surface area contributed by atoms with Crippen LogP contribution in [0.2, 0.25) is 0 Å². The number of benzene rings is 2. The molecule has 0 saturated heterocycles. The summed E-state index contributed by atoms with van der Waals surface area (Å²) >= 11 is 0. The van der Waals surface area contributed by atoms with E-state index in [-0.39, 0.29) is 11.3 Å². The van der Waals surface area contributed by atoms with Gasteiger partial charge in [-0.15, -0.1) is 0 Å². The zero-order chi connectivity index (χ0) is 14.1. The molecule has 0 aromatic heterocycles. The molecule has 3 nitrogen and oxygen atoms in total. The molecule has 1 fully saturated rings. The molecule has 1 saturated carbocycles. The lowest BCUT2D eigenvalue weighted by molar-refractivity contribution is 0.0694. The lowest BCUT2D eigenvalue weighted by Crippen LogP contribution is -2.07. The quantitative estimate of drug-likeness (QED) is 0.855. The molecule has 0 atom stereocenters. The van der Waals surface area contributed by atoms with Crippen LogP contribution in [0.3, 0.4) is 0 Å². The van der Waals surface area contributed by atoms with Crippen molar-refractivity contribution in [2.75, 3.05) is 0 Å². The van der Waals surface area contributed by atoms with Crippen LogP contribution < -0.4 is 0 Å². The molecule has 2 aromatic carbocycles. The van der Waals surface area contributed by atoms with Gasteiger partial charge in [-0.25, -0.2) is 4.79 Å². The van der Waals surface area contributed by atoms with Crippen LogP contribution >= 0.6 is 0 Å². The van der Waals surface area contributed by atoms with Crippen molar-refractivity contribution in [1.82, 2.24) is 0 Å². The third-order valence-electron chi connectivity index (χ3n) is 4.32. The van der Waals surface area contributed by atoms with Crippen molar-refractivity contribution < 1.29 is 15.0 Å². The van der Waals surface area contributed by atoms with E-state index in [2.05, 4.69) is 0 Å². The Kier molecular flexibility index (Phi) is 3.35. The van der Waals surface area contributed by atoms with E-state index in [0.717, 1.165) is 23.8 Å². The zero-order valence-corrected chi connectivity index (χ0v) is 11.3. The normalized spacial score (nSPS) is 16.4. The second kappa shape index (κ2) is 5.16. The summed E-state index contributed by atoms with van der Waals surface area (Å²) in [7, 11) is 0. The summed E-state index contributed by atoms with van der Waals surface area (Å²) in [5, 5.41) is 21.1. The minimum atomic E-state index is -1.06. The Morgan fingerprint density at radius 1 is 1.05 bits per heavy atom. The third kappa shape index (κ3) is 2.13. The van der Waals surface area contributed by atoms with Gasteiger partial charge in [0.15, 0.2) is 0 Å². The Morgan fingerprint density at radius 3 is 2.35 bits per heavy atom. The van der Waals surface area contributed by atoms with E-state index in [9.17, 15) is 15.0 Å². The highest BCUT2D eigenvalue weighted by Gasteiger charge is 2.22. The molecule has 2 N–H and O–H groups in total. The van der Waals surface area contributed by atoms with Crippen LogP contribution in [0.1, 0.15) is 53.9 Å². The van der Waals surface area contributed by atoms with Crippen molar-refractivity contribution in [3.8, 4) is 5.75 Å². The highest BCUT2D eigenvalue weighted by molar-refractivity contribution is 6.02. The number of carboxylic acids is 1. The lowest BCUT2D eigenvalue weighted by Gasteiger charge is -2.24. The van der Waals surface area contributed by atoms with Crippen molar-refractivity contribution in [3.05, 3.63) is 41.5 Å². The van der Waals surface area contributed by atoms with Gasteiger partial charge in [0.1, 0.15) is 11.3 Å². The van der Waals surface area contributed by atoms with Crippen LogP contribution in [-0.4, -0.2) is 16.2 Å². The van der Waals surface area contributed by atoms with Gasteiger partial charge < -0.3 is 10.2 Å². The van der Waals surface area contributed by atoms with Crippen LogP contribution in [-0.2, 0) is 0 Å². The number of hydrogen-bond donors (Lipinski definition) is 2. The number of phenols is 1. The molecule has 0 aliphatic heterocycles. The second-order valence-electron chi connectivity index (χ2n) is 5.55. The van der Waals surface area contributed by atoms with E-state index in [0.29, 0.717) is 11.3 Å². The number of aromatic hydroxyl groups is 1. The standard InChI is InChI=1S/C17H18O3/c18-16-13-9-5-4-8-12(13)14(10-15(16)17(19)20)11-6-2-1-3-7-11/h4-5,8-11,18H,1-3,6-7H2,(H,19,20). The van der Waals surface area contributed by atoms with Gasteiger partial charge in [-0.05, 0) is 35.8 Å². The smallest absolute Gasteiger partial charge is 0.339 e. The molecule has 0 amide bonds. The molecule has 3 rings (SSSR count). The first-order chi connectivity index (χ1) is 9.68. The van der Waals surface area contributed by atoms with Gasteiger partial charge in [0.05, 0.1) is 0 Å². The average Bonchev–Trinajstić information content (AvgIpc) is 2.48. The summed E-state index contributed by atoms with van der Waals surface area (Å²) in [4.78, 5) is 11.3. The van der Waals surface area contributed by atoms with Gasteiger partial charge in [-0.3, -0.25) is 0 Å². The molecule has 0 unspecified atom stereocenters. The van der Waals surface area contributed by atoms with Crippen LogP contribution in [0, 0.1) is 0 Å². The maximum Gasteiger partial charge on any atom is 0.339 e. The largest absolute Gasteiger partial charge is 0.506 e. The van der Waals surface area contributed by atoms with Crippen molar-refractivity contribution in [2.24, 2.45) is 0 Å². The minimum Gasteiger partial charge on any atom is -0.506 e. The van der Waals surface area contributed by atoms with Crippen molar-refractivity contribution in [2.45, 2.75) is 38.0 Å². The maximum absolute atomic E-state index is 11.3. The molecule has 0 bridgehead atoms. The summed E-state index contributed by atoms with van der Waals surface area (Å²) in [5.41, 5.74) is 1.10. The molecular formula is C17H18O3. The second-order valence-corrected chi connectivity index (χ2v) is 5.55. The highest BCUT2D eigenvalue weighted by Crippen LogP contribution is 2.40. The monoisotopic (exact) mass is 270 g/mol. The first-order valence-electron chi connectivity index (χ1n) is 7.16.